The number of benzene rings is 1. The molecule has 0 N–H and O–H groups in total. The van der Waals surface area contributed by atoms with Crippen molar-refractivity contribution in [1.29, 1.82) is 0 Å². The van der Waals surface area contributed by atoms with Crippen molar-refractivity contribution in [3.05, 3.63) is 76.8 Å². The third kappa shape index (κ3) is 7.71. The Balaban J connectivity index is 0.00000198. The summed E-state index contributed by atoms with van der Waals surface area (Å²) in [4.78, 5) is 25.6. The maximum atomic E-state index is 12.9. The molecule has 0 saturated carbocycles. The van der Waals surface area contributed by atoms with Crippen LogP contribution in [0.5, 0.6) is 0 Å². The molecule has 30 heavy (non-hydrogen) atoms. The molecule has 0 radical (unpaired) electrons. The van der Waals surface area contributed by atoms with Crippen molar-refractivity contribution in [2.75, 3.05) is 4.90 Å². The molecular formula is C23H28F3NO2S. The van der Waals surface area contributed by atoms with E-state index in [-0.39, 0.29) is 10.6 Å². The molecule has 0 aliphatic carbocycles. The van der Waals surface area contributed by atoms with Crippen molar-refractivity contribution in [3.63, 3.8) is 0 Å². The van der Waals surface area contributed by atoms with Gasteiger partial charge in [0.05, 0.1) is 16.2 Å². The lowest BCUT2D eigenvalue weighted by molar-refractivity contribution is -0.137. The van der Waals surface area contributed by atoms with E-state index in [2.05, 4.69) is 6.58 Å². The molecule has 2 rings (SSSR count). The topological polar surface area (TPSA) is 37.4 Å². The Kier molecular flexibility index (Phi) is 11.8. The predicted molar refractivity (Wildman–Crippen MR) is 120 cm³/mol. The van der Waals surface area contributed by atoms with Gasteiger partial charge in [0.15, 0.2) is 0 Å². The fourth-order valence-electron chi connectivity index (χ4n) is 2.13. The van der Waals surface area contributed by atoms with Gasteiger partial charge in [-0.15, -0.1) is 0 Å². The van der Waals surface area contributed by atoms with Crippen LogP contribution in [0.15, 0.2) is 71.2 Å². The van der Waals surface area contributed by atoms with Gasteiger partial charge in [0.2, 0.25) is 0 Å². The second kappa shape index (κ2) is 12.9. The predicted octanol–water partition coefficient (Wildman–Crippen LogP) is 7.92. The Morgan fingerprint density at radius 3 is 2.20 bits per heavy atom. The van der Waals surface area contributed by atoms with E-state index in [0.717, 1.165) is 28.7 Å². The van der Waals surface area contributed by atoms with Gasteiger partial charge in [0.25, 0.3) is 11.1 Å². The highest BCUT2D eigenvalue weighted by atomic mass is 32.2. The molecule has 1 aliphatic heterocycles. The number of alkyl halides is 3. The van der Waals surface area contributed by atoms with Crippen molar-refractivity contribution in [1.82, 2.24) is 0 Å². The van der Waals surface area contributed by atoms with Crippen LogP contribution in [0.25, 0.3) is 0 Å². The lowest BCUT2D eigenvalue weighted by atomic mass is 10.1. The molecule has 164 valence electrons. The number of hydrogen-bond acceptors (Lipinski definition) is 3. The van der Waals surface area contributed by atoms with Crippen LogP contribution in [-0.2, 0) is 11.0 Å². The Labute approximate surface area is 181 Å². The number of amides is 2. The van der Waals surface area contributed by atoms with Crippen LogP contribution in [0.4, 0.5) is 23.7 Å². The molecule has 0 unspecified atom stereocenters. The van der Waals surface area contributed by atoms with Crippen molar-refractivity contribution in [2.24, 2.45) is 0 Å². The zero-order valence-electron chi connectivity index (χ0n) is 18.1. The van der Waals surface area contributed by atoms with Crippen LogP contribution in [0, 0.1) is 0 Å². The monoisotopic (exact) mass is 439 g/mol. The van der Waals surface area contributed by atoms with Crippen molar-refractivity contribution in [2.45, 2.75) is 47.7 Å². The second-order valence-electron chi connectivity index (χ2n) is 5.53. The molecule has 1 aromatic rings. The Morgan fingerprint density at radius 2 is 1.70 bits per heavy atom. The van der Waals surface area contributed by atoms with E-state index >= 15 is 0 Å². The number of halogens is 3. The quantitative estimate of drug-likeness (QED) is 0.353. The molecule has 7 heteroatoms. The first-order valence-electron chi connectivity index (χ1n) is 9.58. The van der Waals surface area contributed by atoms with Crippen LogP contribution in [-0.4, -0.2) is 11.1 Å². The summed E-state index contributed by atoms with van der Waals surface area (Å²) in [7, 11) is 0. The SMILES string of the molecule is C=C(C)\C=C/C(/C=C1\SC(=O)N(c2cccc(C(F)(F)F)c2)C1=O)=C\C.CC.CC. The van der Waals surface area contributed by atoms with Gasteiger partial charge in [0, 0.05) is 0 Å². The Morgan fingerprint density at radius 1 is 1.10 bits per heavy atom. The average Bonchev–Trinajstić information content (AvgIpc) is 3.00. The molecule has 0 aromatic heterocycles. The molecule has 2 amide bonds. The lowest BCUT2D eigenvalue weighted by Gasteiger charge is -2.14. The molecule has 1 saturated heterocycles. The molecule has 0 bridgehead atoms. The lowest BCUT2D eigenvalue weighted by Crippen LogP contribution is -2.28. The van der Waals surface area contributed by atoms with Gasteiger partial charge >= 0.3 is 6.18 Å². The first-order valence-corrected chi connectivity index (χ1v) is 10.4. The van der Waals surface area contributed by atoms with E-state index in [9.17, 15) is 22.8 Å². The zero-order valence-corrected chi connectivity index (χ0v) is 18.9. The van der Waals surface area contributed by atoms with Crippen LogP contribution in [0.1, 0.15) is 47.1 Å². The molecule has 0 spiro atoms. The van der Waals surface area contributed by atoms with E-state index in [1.807, 2.05) is 34.6 Å². The number of rotatable bonds is 4. The highest BCUT2D eigenvalue weighted by Crippen LogP contribution is 2.37. The maximum Gasteiger partial charge on any atom is 0.416 e. The third-order valence-electron chi connectivity index (χ3n) is 3.42. The normalized spacial score (nSPS) is 15.7. The number of nitrogens with zero attached hydrogens (tertiary/aromatic N) is 1. The summed E-state index contributed by atoms with van der Waals surface area (Å²) in [6, 6.07) is 4.14. The average molecular weight is 440 g/mol. The first-order chi connectivity index (χ1) is 14.1. The van der Waals surface area contributed by atoms with E-state index in [1.165, 1.54) is 12.1 Å². The van der Waals surface area contributed by atoms with E-state index in [1.54, 1.807) is 25.2 Å². The minimum absolute atomic E-state index is 0.106. The Hall–Kier alpha value is -2.54. The van der Waals surface area contributed by atoms with Crippen molar-refractivity contribution < 1.29 is 22.8 Å². The smallest absolute Gasteiger partial charge is 0.268 e. The number of carbonyl (C=O) groups is 2. The van der Waals surface area contributed by atoms with Crippen LogP contribution >= 0.6 is 11.8 Å². The summed E-state index contributed by atoms with van der Waals surface area (Å²) in [5.74, 6) is -0.651. The summed E-state index contributed by atoms with van der Waals surface area (Å²) in [6.07, 6.45) is 2.21. The molecule has 1 heterocycles. The third-order valence-corrected chi connectivity index (χ3v) is 4.29. The molecule has 1 aromatic carbocycles. The molecule has 0 atom stereocenters. The van der Waals surface area contributed by atoms with Crippen LogP contribution < -0.4 is 4.90 Å². The highest BCUT2D eigenvalue weighted by molar-refractivity contribution is 8.18. The molecule has 1 fully saturated rings. The number of thioether (sulfide) groups is 1. The minimum atomic E-state index is -4.56. The number of imide groups is 1. The Bertz CT molecular complexity index is 852. The van der Waals surface area contributed by atoms with Gasteiger partial charge < -0.3 is 0 Å². The van der Waals surface area contributed by atoms with Gasteiger partial charge in [0.1, 0.15) is 0 Å². The summed E-state index contributed by atoms with van der Waals surface area (Å²) in [5, 5.41) is -0.639. The maximum absolute atomic E-state index is 12.9. The summed E-state index contributed by atoms with van der Waals surface area (Å²) < 4.78 is 38.6. The van der Waals surface area contributed by atoms with Crippen LogP contribution in [0.3, 0.4) is 0 Å². The minimum Gasteiger partial charge on any atom is -0.268 e. The van der Waals surface area contributed by atoms with Gasteiger partial charge in [-0.2, -0.15) is 13.2 Å². The van der Waals surface area contributed by atoms with E-state index < -0.39 is 22.9 Å². The summed E-state index contributed by atoms with van der Waals surface area (Å²) in [6.45, 7) is 15.3. The largest absolute Gasteiger partial charge is 0.416 e. The van der Waals surface area contributed by atoms with E-state index in [4.69, 9.17) is 0 Å². The molecular weight excluding hydrogens is 411 g/mol. The van der Waals surface area contributed by atoms with Gasteiger partial charge in [-0.3, -0.25) is 9.59 Å². The van der Waals surface area contributed by atoms with Crippen LogP contribution in [0.2, 0.25) is 0 Å². The summed E-state index contributed by atoms with van der Waals surface area (Å²) >= 11 is 0.688. The summed E-state index contributed by atoms with van der Waals surface area (Å²) in [5.41, 5.74) is 0.471. The first kappa shape index (κ1) is 27.5. The van der Waals surface area contributed by atoms with Crippen molar-refractivity contribution in [3.8, 4) is 0 Å². The van der Waals surface area contributed by atoms with Crippen molar-refractivity contribution >= 4 is 28.6 Å². The fourth-order valence-corrected chi connectivity index (χ4v) is 2.97. The number of allylic oxidation sites excluding steroid dienone is 6. The number of hydrogen-bond donors (Lipinski definition) is 0. The second-order valence-corrected chi connectivity index (χ2v) is 6.53. The van der Waals surface area contributed by atoms with Gasteiger partial charge in [-0.25, -0.2) is 4.90 Å². The standard InChI is InChI=1S/C19H16F3NO2S.2C2H6/c1-4-13(9-8-12(2)3)10-16-17(24)23(18(25)26-16)15-7-5-6-14(11-15)19(20,21)22;2*1-2/h4-11H,2H2,1,3H3;2*1-2H3/b9-8-,13-4+,16-10-;;. The zero-order chi connectivity index (χ0) is 23.5. The molecule has 1 aliphatic rings. The van der Waals surface area contributed by atoms with E-state index in [0.29, 0.717) is 17.3 Å². The van der Waals surface area contributed by atoms with Gasteiger partial charge in [-0.05, 0) is 55.5 Å². The molecule has 3 nitrogen and oxygen atoms in total. The number of anilines is 1. The fraction of sp³-hybridized carbons (Fsp3) is 0.304. The number of carbonyl (C=O) groups excluding carboxylic acids is 2. The highest BCUT2D eigenvalue weighted by Gasteiger charge is 2.38. The van der Waals surface area contributed by atoms with Gasteiger partial charge in [-0.1, -0.05) is 64.1 Å².